The quantitative estimate of drug-likeness (QED) is 0.759. The summed E-state index contributed by atoms with van der Waals surface area (Å²) in [6.45, 7) is 1.40. The second kappa shape index (κ2) is 6.99. The molecule has 1 aliphatic rings. The maximum Gasteiger partial charge on any atom is 0.265 e. The van der Waals surface area contributed by atoms with Crippen molar-refractivity contribution in [2.24, 2.45) is 0 Å². The lowest BCUT2D eigenvalue weighted by Crippen LogP contribution is -2.32. The highest BCUT2D eigenvalue weighted by atomic mass is 32.2. The van der Waals surface area contributed by atoms with Crippen LogP contribution in [0, 0.1) is 0 Å². The zero-order chi connectivity index (χ0) is 17.2. The Hall–Kier alpha value is -1.78. The predicted molar refractivity (Wildman–Crippen MR) is 87.3 cm³/mol. The van der Waals surface area contributed by atoms with Gasteiger partial charge in [0.15, 0.2) is 5.82 Å². The van der Waals surface area contributed by atoms with Gasteiger partial charge in [-0.25, -0.2) is 8.42 Å². The number of thiophene rings is 1. The van der Waals surface area contributed by atoms with Crippen molar-refractivity contribution in [1.82, 2.24) is 19.3 Å². The molecule has 24 heavy (non-hydrogen) atoms. The van der Waals surface area contributed by atoms with Crippen LogP contribution in [0.4, 0.5) is 0 Å². The fraction of sp³-hybridized carbons (Fsp3) is 0.500. The lowest BCUT2D eigenvalue weighted by Gasteiger charge is -2.19. The third-order valence-electron chi connectivity index (χ3n) is 3.93. The van der Waals surface area contributed by atoms with Crippen LogP contribution in [0.2, 0.25) is 0 Å². The Labute approximate surface area is 144 Å². The molecule has 10 heteroatoms. The van der Waals surface area contributed by atoms with Crippen LogP contribution in [0.1, 0.15) is 28.3 Å². The average Bonchev–Trinajstić information content (AvgIpc) is 3.34. The zero-order valence-corrected chi connectivity index (χ0v) is 14.8. The van der Waals surface area contributed by atoms with Crippen molar-refractivity contribution in [3.8, 4) is 0 Å². The van der Waals surface area contributed by atoms with Crippen LogP contribution < -0.4 is 0 Å². The molecule has 8 nitrogen and oxygen atoms in total. The molecule has 1 saturated heterocycles. The normalized spacial score (nSPS) is 15.7. The summed E-state index contributed by atoms with van der Waals surface area (Å²) in [6, 6.07) is 1.51. The second-order valence-corrected chi connectivity index (χ2v) is 8.37. The Morgan fingerprint density at radius 1 is 1.42 bits per heavy atom. The SMILES string of the molecule is CN(CCc1ncon1)C(=O)c1sccc1S(=O)(=O)N1CCCC1. The molecule has 3 heterocycles. The summed E-state index contributed by atoms with van der Waals surface area (Å²) in [5, 5.41) is 5.34. The van der Waals surface area contributed by atoms with Crippen LogP contribution in [-0.4, -0.2) is 60.4 Å². The standard InChI is InChI=1S/C14H18N4O4S2/c1-17(8-4-12-15-10-22-16-12)14(19)13-11(5-9-23-13)24(20,21)18-6-2-3-7-18/h5,9-10H,2-4,6-8H2,1H3. The Balaban J connectivity index is 1.75. The fourth-order valence-electron chi connectivity index (χ4n) is 2.57. The molecule has 130 valence electrons. The molecule has 0 N–H and O–H groups in total. The van der Waals surface area contributed by atoms with Crippen LogP contribution in [-0.2, 0) is 16.4 Å². The molecule has 0 bridgehead atoms. The van der Waals surface area contributed by atoms with Gasteiger partial charge in [-0.3, -0.25) is 4.79 Å². The predicted octanol–water partition coefficient (Wildman–Crippen LogP) is 1.23. The highest BCUT2D eigenvalue weighted by Crippen LogP contribution is 2.28. The average molecular weight is 370 g/mol. The van der Waals surface area contributed by atoms with Crippen LogP contribution in [0.5, 0.6) is 0 Å². The molecule has 0 aromatic carbocycles. The van der Waals surface area contributed by atoms with Crippen LogP contribution in [0.3, 0.4) is 0 Å². The summed E-state index contributed by atoms with van der Waals surface area (Å²) >= 11 is 1.15. The number of aromatic nitrogens is 2. The second-order valence-electron chi connectivity index (χ2n) is 5.55. The van der Waals surface area contributed by atoms with E-state index >= 15 is 0 Å². The molecule has 1 amide bonds. The van der Waals surface area contributed by atoms with E-state index in [4.69, 9.17) is 0 Å². The van der Waals surface area contributed by atoms with Crippen molar-refractivity contribution >= 4 is 27.3 Å². The van der Waals surface area contributed by atoms with Gasteiger partial charge in [0.2, 0.25) is 16.4 Å². The highest BCUT2D eigenvalue weighted by molar-refractivity contribution is 7.89. The number of carbonyl (C=O) groups is 1. The van der Waals surface area contributed by atoms with Gasteiger partial charge in [0.25, 0.3) is 5.91 Å². The van der Waals surface area contributed by atoms with Gasteiger partial charge in [-0.2, -0.15) is 9.29 Å². The van der Waals surface area contributed by atoms with Gasteiger partial charge in [0.1, 0.15) is 9.77 Å². The zero-order valence-electron chi connectivity index (χ0n) is 13.2. The summed E-state index contributed by atoms with van der Waals surface area (Å²) in [7, 11) is -1.97. The first-order valence-corrected chi connectivity index (χ1v) is 9.90. The van der Waals surface area contributed by atoms with Gasteiger partial charge in [0.05, 0.1) is 0 Å². The largest absolute Gasteiger partial charge is 0.343 e. The van der Waals surface area contributed by atoms with Crippen LogP contribution >= 0.6 is 11.3 Å². The molecule has 3 rings (SSSR count). The Morgan fingerprint density at radius 3 is 2.83 bits per heavy atom. The number of hydrogen-bond donors (Lipinski definition) is 0. The number of nitrogens with zero attached hydrogens (tertiary/aromatic N) is 4. The van der Waals surface area contributed by atoms with E-state index in [2.05, 4.69) is 14.7 Å². The molecule has 1 aliphatic heterocycles. The van der Waals surface area contributed by atoms with Gasteiger partial charge >= 0.3 is 0 Å². The molecule has 0 radical (unpaired) electrons. The molecule has 0 atom stereocenters. The minimum atomic E-state index is -3.61. The smallest absolute Gasteiger partial charge is 0.265 e. The van der Waals surface area contributed by atoms with E-state index < -0.39 is 10.0 Å². The lowest BCUT2D eigenvalue weighted by molar-refractivity contribution is 0.0797. The third-order valence-corrected chi connectivity index (χ3v) is 6.90. The van der Waals surface area contributed by atoms with E-state index in [9.17, 15) is 13.2 Å². The molecule has 2 aromatic heterocycles. The Morgan fingerprint density at radius 2 is 2.17 bits per heavy atom. The van der Waals surface area contributed by atoms with Crippen molar-refractivity contribution in [1.29, 1.82) is 0 Å². The van der Waals surface area contributed by atoms with E-state index in [0.29, 0.717) is 31.9 Å². The third kappa shape index (κ3) is 3.35. The summed E-state index contributed by atoms with van der Waals surface area (Å²) in [6.07, 6.45) is 3.39. The number of sulfonamides is 1. The van der Waals surface area contributed by atoms with E-state index in [0.717, 1.165) is 24.2 Å². The van der Waals surface area contributed by atoms with Crippen molar-refractivity contribution in [2.45, 2.75) is 24.2 Å². The molecule has 0 saturated carbocycles. The molecule has 0 unspecified atom stereocenters. The van der Waals surface area contributed by atoms with Crippen molar-refractivity contribution in [3.63, 3.8) is 0 Å². The van der Waals surface area contributed by atoms with E-state index in [1.807, 2.05) is 0 Å². The summed E-state index contributed by atoms with van der Waals surface area (Å²) in [5.41, 5.74) is 0. The number of likely N-dealkylation sites (N-methyl/N-ethyl adjacent to an activating group) is 1. The van der Waals surface area contributed by atoms with E-state index in [1.165, 1.54) is 21.7 Å². The van der Waals surface area contributed by atoms with Gasteiger partial charge < -0.3 is 9.42 Å². The molecular formula is C14H18N4O4S2. The minimum absolute atomic E-state index is 0.103. The Bertz CT molecular complexity index is 795. The van der Waals surface area contributed by atoms with Gasteiger partial charge in [0, 0.05) is 33.1 Å². The lowest BCUT2D eigenvalue weighted by atomic mass is 10.3. The van der Waals surface area contributed by atoms with Crippen LogP contribution in [0.25, 0.3) is 0 Å². The summed E-state index contributed by atoms with van der Waals surface area (Å²) < 4.78 is 31.5. The number of hydrogen-bond acceptors (Lipinski definition) is 7. The highest BCUT2D eigenvalue weighted by Gasteiger charge is 2.32. The maximum absolute atomic E-state index is 12.7. The van der Waals surface area contributed by atoms with E-state index in [1.54, 1.807) is 12.4 Å². The maximum atomic E-state index is 12.7. The Kier molecular flexibility index (Phi) is 4.97. The first kappa shape index (κ1) is 17.1. The van der Waals surface area contributed by atoms with Gasteiger partial charge in [-0.05, 0) is 24.3 Å². The monoisotopic (exact) mass is 370 g/mol. The van der Waals surface area contributed by atoms with Gasteiger partial charge in [-0.15, -0.1) is 11.3 Å². The van der Waals surface area contributed by atoms with Crippen molar-refractivity contribution in [3.05, 3.63) is 28.5 Å². The van der Waals surface area contributed by atoms with Gasteiger partial charge in [-0.1, -0.05) is 5.16 Å². The number of carbonyl (C=O) groups excluding carboxylic acids is 1. The molecule has 2 aromatic rings. The van der Waals surface area contributed by atoms with Crippen molar-refractivity contribution in [2.75, 3.05) is 26.7 Å². The molecular weight excluding hydrogens is 352 g/mol. The molecule has 1 fully saturated rings. The summed E-state index contributed by atoms with van der Waals surface area (Å²) in [4.78, 5) is 18.4. The minimum Gasteiger partial charge on any atom is -0.343 e. The topological polar surface area (TPSA) is 96.6 Å². The first-order chi connectivity index (χ1) is 11.5. The number of amides is 1. The fourth-order valence-corrected chi connectivity index (χ4v) is 5.48. The number of rotatable bonds is 6. The van der Waals surface area contributed by atoms with Crippen molar-refractivity contribution < 1.29 is 17.7 Å². The first-order valence-electron chi connectivity index (χ1n) is 7.58. The molecule has 0 aliphatic carbocycles. The van der Waals surface area contributed by atoms with Crippen LogP contribution in [0.15, 0.2) is 27.3 Å². The molecule has 0 spiro atoms. The van der Waals surface area contributed by atoms with E-state index in [-0.39, 0.29) is 15.7 Å². The summed E-state index contributed by atoms with van der Waals surface area (Å²) in [5.74, 6) is 0.192.